The van der Waals surface area contributed by atoms with Crippen LogP contribution in [0.4, 0.5) is 4.79 Å². The number of benzene rings is 1. The van der Waals surface area contributed by atoms with Gasteiger partial charge in [-0.3, -0.25) is 14.5 Å². The number of imide groups is 1. The van der Waals surface area contributed by atoms with Crippen LogP contribution in [-0.2, 0) is 9.53 Å². The first kappa shape index (κ1) is 25.5. The van der Waals surface area contributed by atoms with Crippen molar-refractivity contribution < 1.29 is 29.0 Å². The molecule has 0 spiro atoms. The molecule has 1 aliphatic rings. The SMILES string of the molecule is CC(C)(C)OC(=O)NCCCC[C@@H](C(=O)O)N1C(=O)c2c(Cl)c(Cl)c(Cl)c(Cl)c2C1=O. The number of aliphatic carboxylic acids is 1. The van der Waals surface area contributed by atoms with E-state index in [-0.39, 0.29) is 44.2 Å². The van der Waals surface area contributed by atoms with Crippen LogP contribution in [0, 0.1) is 0 Å². The van der Waals surface area contributed by atoms with Gasteiger partial charge in [-0.25, -0.2) is 9.59 Å². The van der Waals surface area contributed by atoms with Crippen LogP contribution < -0.4 is 5.32 Å². The molecule has 0 radical (unpaired) electrons. The predicted molar refractivity (Wildman–Crippen MR) is 116 cm³/mol. The van der Waals surface area contributed by atoms with Gasteiger partial charge >= 0.3 is 12.1 Å². The Labute approximate surface area is 198 Å². The molecule has 1 aromatic carbocycles. The summed E-state index contributed by atoms with van der Waals surface area (Å²) in [5, 5.41) is 11.2. The molecule has 0 saturated heterocycles. The summed E-state index contributed by atoms with van der Waals surface area (Å²) in [4.78, 5) is 49.7. The zero-order chi connectivity index (χ0) is 23.7. The highest BCUT2D eigenvalue weighted by molar-refractivity contribution is 6.55. The average Bonchev–Trinajstić information content (AvgIpc) is 2.90. The maximum atomic E-state index is 12.8. The molecule has 2 rings (SSSR count). The van der Waals surface area contributed by atoms with Gasteiger partial charge in [0, 0.05) is 6.54 Å². The van der Waals surface area contributed by atoms with Gasteiger partial charge in [-0.15, -0.1) is 0 Å². The van der Waals surface area contributed by atoms with Crippen molar-refractivity contribution in [1.29, 1.82) is 0 Å². The molecule has 1 aliphatic heterocycles. The van der Waals surface area contributed by atoms with Gasteiger partial charge in [0.15, 0.2) is 0 Å². The summed E-state index contributed by atoms with van der Waals surface area (Å²) in [6, 6.07) is -1.46. The Morgan fingerprint density at radius 2 is 1.45 bits per heavy atom. The number of nitrogens with zero attached hydrogens (tertiary/aromatic N) is 1. The number of fused-ring (bicyclic) bond motifs is 1. The molecule has 0 unspecified atom stereocenters. The Hall–Kier alpha value is -1.74. The predicted octanol–water partition coefficient (Wildman–Crippen LogP) is 5.04. The summed E-state index contributed by atoms with van der Waals surface area (Å²) in [5.41, 5.74) is -1.19. The van der Waals surface area contributed by atoms with E-state index in [9.17, 15) is 24.3 Å². The Morgan fingerprint density at radius 3 is 1.87 bits per heavy atom. The van der Waals surface area contributed by atoms with Gasteiger partial charge in [-0.1, -0.05) is 46.4 Å². The Balaban J connectivity index is 2.09. The van der Waals surface area contributed by atoms with Crippen LogP contribution in [0.3, 0.4) is 0 Å². The van der Waals surface area contributed by atoms with Crippen LogP contribution >= 0.6 is 46.4 Å². The van der Waals surface area contributed by atoms with Gasteiger partial charge in [-0.2, -0.15) is 0 Å². The van der Waals surface area contributed by atoms with Crippen LogP contribution in [0.5, 0.6) is 0 Å². The number of carboxylic acid groups (broad SMARTS) is 1. The molecule has 0 saturated carbocycles. The summed E-state index contributed by atoms with van der Waals surface area (Å²) in [6.07, 6.45) is 0.0443. The first-order valence-corrected chi connectivity index (χ1v) is 10.7. The fourth-order valence-electron chi connectivity index (χ4n) is 2.98. The van der Waals surface area contributed by atoms with E-state index in [1.165, 1.54) is 0 Å². The third-order valence-electron chi connectivity index (χ3n) is 4.30. The molecule has 1 atom stereocenters. The quantitative estimate of drug-likeness (QED) is 0.228. The first-order valence-electron chi connectivity index (χ1n) is 9.21. The topological polar surface area (TPSA) is 113 Å². The average molecular weight is 514 g/mol. The van der Waals surface area contributed by atoms with Crippen molar-refractivity contribution in [3.05, 3.63) is 31.2 Å². The van der Waals surface area contributed by atoms with E-state index in [1.807, 2.05) is 0 Å². The molecular weight excluding hydrogens is 494 g/mol. The van der Waals surface area contributed by atoms with Crippen molar-refractivity contribution in [3.63, 3.8) is 0 Å². The molecule has 3 amide bonds. The lowest BCUT2D eigenvalue weighted by atomic mass is 10.1. The fourth-order valence-corrected chi connectivity index (χ4v) is 3.99. The number of unbranched alkanes of at least 4 members (excludes halogenated alkanes) is 1. The molecule has 0 fully saturated rings. The number of hydrogen-bond acceptors (Lipinski definition) is 5. The van der Waals surface area contributed by atoms with Crippen LogP contribution in [0.1, 0.15) is 60.7 Å². The van der Waals surface area contributed by atoms with Crippen molar-refractivity contribution >= 4 is 70.3 Å². The second-order valence-electron chi connectivity index (χ2n) is 7.76. The monoisotopic (exact) mass is 512 g/mol. The molecule has 1 heterocycles. The normalized spacial score (nSPS) is 14.5. The Bertz CT molecular complexity index is 898. The maximum absolute atomic E-state index is 12.8. The molecule has 12 heteroatoms. The van der Waals surface area contributed by atoms with Crippen LogP contribution in [0.25, 0.3) is 0 Å². The number of nitrogens with one attached hydrogen (secondary N) is 1. The second kappa shape index (κ2) is 9.81. The number of amides is 3. The zero-order valence-electron chi connectivity index (χ0n) is 16.9. The molecule has 0 aromatic heterocycles. The van der Waals surface area contributed by atoms with Crippen LogP contribution in [0.2, 0.25) is 20.1 Å². The number of carbonyl (C=O) groups excluding carboxylic acids is 3. The van der Waals surface area contributed by atoms with Gasteiger partial charge in [0.05, 0.1) is 31.2 Å². The highest BCUT2D eigenvalue weighted by Crippen LogP contribution is 2.45. The minimum Gasteiger partial charge on any atom is -0.480 e. The van der Waals surface area contributed by atoms with Crippen molar-refractivity contribution in [2.75, 3.05) is 6.54 Å². The van der Waals surface area contributed by atoms with Crippen LogP contribution in [0.15, 0.2) is 0 Å². The number of ether oxygens (including phenoxy) is 1. The smallest absolute Gasteiger partial charge is 0.407 e. The molecule has 0 aliphatic carbocycles. The van der Waals surface area contributed by atoms with Crippen molar-refractivity contribution in [2.45, 2.75) is 51.7 Å². The third kappa shape index (κ3) is 5.55. The largest absolute Gasteiger partial charge is 0.480 e. The molecule has 2 N–H and O–H groups in total. The zero-order valence-corrected chi connectivity index (χ0v) is 19.9. The first-order chi connectivity index (χ1) is 14.3. The van der Waals surface area contributed by atoms with E-state index < -0.39 is 35.5 Å². The number of alkyl carbamates (subject to hydrolysis) is 1. The standard InChI is InChI=1S/C19H20Cl4N2O6/c1-19(2,3)31-18(30)24-7-5-4-6-8(17(28)29)25-15(26)9-10(16(25)27)12(21)14(23)13(22)11(9)20/h8H,4-7H2,1-3H3,(H,24,30)(H,28,29)/t8-/m0/s1. The second-order valence-corrected chi connectivity index (χ2v) is 9.28. The molecular formula is C19H20Cl4N2O6. The molecule has 1 aromatic rings. The number of carboxylic acids is 1. The Kier molecular flexibility index (Phi) is 8.08. The maximum Gasteiger partial charge on any atom is 0.407 e. The molecule has 8 nitrogen and oxygen atoms in total. The number of rotatable bonds is 7. The van der Waals surface area contributed by atoms with E-state index in [4.69, 9.17) is 51.1 Å². The summed E-state index contributed by atoms with van der Waals surface area (Å²) >= 11 is 24.1. The van der Waals surface area contributed by atoms with E-state index >= 15 is 0 Å². The van der Waals surface area contributed by atoms with E-state index in [0.29, 0.717) is 17.7 Å². The number of hydrogen-bond donors (Lipinski definition) is 2. The van der Waals surface area contributed by atoms with Crippen molar-refractivity contribution in [2.24, 2.45) is 0 Å². The van der Waals surface area contributed by atoms with Gasteiger partial charge in [0.2, 0.25) is 0 Å². The molecule has 31 heavy (non-hydrogen) atoms. The number of carbonyl (C=O) groups is 4. The minimum absolute atomic E-state index is 0.0481. The van der Waals surface area contributed by atoms with Gasteiger partial charge in [0.1, 0.15) is 11.6 Å². The van der Waals surface area contributed by atoms with Gasteiger partial charge < -0.3 is 15.2 Å². The highest BCUT2D eigenvalue weighted by Gasteiger charge is 2.46. The van der Waals surface area contributed by atoms with Gasteiger partial charge in [-0.05, 0) is 40.0 Å². The Morgan fingerprint density at radius 1 is 0.968 bits per heavy atom. The summed E-state index contributed by atoms with van der Waals surface area (Å²) in [7, 11) is 0. The lowest BCUT2D eigenvalue weighted by Crippen LogP contribution is -2.45. The van der Waals surface area contributed by atoms with E-state index in [2.05, 4.69) is 5.32 Å². The highest BCUT2D eigenvalue weighted by atomic mass is 35.5. The van der Waals surface area contributed by atoms with Crippen LogP contribution in [-0.4, -0.2) is 52.1 Å². The fraction of sp³-hybridized carbons (Fsp3) is 0.474. The third-order valence-corrected chi connectivity index (χ3v) is 6.10. The molecule has 170 valence electrons. The van der Waals surface area contributed by atoms with Crippen molar-refractivity contribution in [1.82, 2.24) is 10.2 Å². The van der Waals surface area contributed by atoms with E-state index in [0.717, 1.165) is 0 Å². The lowest BCUT2D eigenvalue weighted by molar-refractivity contribution is -0.141. The summed E-state index contributed by atoms with van der Waals surface area (Å²) < 4.78 is 5.10. The number of halogens is 4. The summed E-state index contributed by atoms with van der Waals surface area (Å²) in [5.74, 6) is -3.20. The minimum atomic E-state index is -1.46. The summed E-state index contributed by atoms with van der Waals surface area (Å²) in [6.45, 7) is 5.41. The van der Waals surface area contributed by atoms with E-state index in [1.54, 1.807) is 20.8 Å². The lowest BCUT2D eigenvalue weighted by Gasteiger charge is -2.22. The van der Waals surface area contributed by atoms with Gasteiger partial charge in [0.25, 0.3) is 11.8 Å². The molecule has 0 bridgehead atoms. The van der Waals surface area contributed by atoms with Crippen molar-refractivity contribution in [3.8, 4) is 0 Å².